The fourth-order valence-electron chi connectivity index (χ4n) is 2.68. The third kappa shape index (κ3) is 4.36. The Morgan fingerprint density at radius 1 is 0.966 bits per heavy atom. The molecule has 1 amide bonds. The minimum atomic E-state index is -0.867. The van der Waals surface area contributed by atoms with Crippen LogP contribution in [-0.2, 0) is 6.54 Å². The van der Waals surface area contributed by atoms with E-state index in [0.717, 1.165) is 17.7 Å². The molecule has 0 aliphatic carbocycles. The van der Waals surface area contributed by atoms with Crippen LogP contribution in [0.1, 0.15) is 15.9 Å². The number of benzene rings is 2. The molecule has 0 saturated carbocycles. The summed E-state index contributed by atoms with van der Waals surface area (Å²) in [6.45, 7) is 0.112. The molecule has 0 spiro atoms. The Morgan fingerprint density at radius 2 is 1.55 bits per heavy atom. The molecule has 0 N–H and O–H groups in total. The minimum Gasteiger partial charge on any atom is -0.288 e. The number of hydrogen-bond donors (Lipinski definition) is 0. The van der Waals surface area contributed by atoms with Crippen LogP contribution in [0.15, 0.2) is 66.9 Å². The van der Waals surface area contributed by atoms with Gasteiger partial charge in [-0.05, 0) is 17.7 Å². The highest BCUT2D eigenvalue weighted by molar-refractivity contribution is 6.35. The Kier molecular flexibility index (Phi) is 5.79. The average Bonchev–Trinajstić information content (AvgIpc) is 2.72. The monoisotopic (exact) mass is 412 g/mol. The highest BCUT2D eigenvalue weighted by Gasteiger charge is 2.29. The average molecular weight is 413 g/mol. The van der Waals surface area contributed by atoms with E-state index in [1.165, 1.54) is 11.1 Å². The molecule has 9 nitrogen and oxygen atoms in total. The highest BCUT2D eigenvalue weighted by Crippen LogP contribution is 2.35. The van der Waals surface area contributed by atoms with Crippen LogP contribution < -0.4 is 4.90 Å². The molecule has 1 aromatic heterocycles. The van der Waals surface area contributed by atoms with Gasteiger partial charge in [0, 0.05) is 18.3 Å². The summed E-state index contributed by atoms with van der Waals surface area (Å²) in [6.07, 6.45) is 1.49. The first-order valence-corrected chi connectivity index (χ1v) is 8.65. The Hall–Kier alpha value is -3.85. The number of amides is 1. The van der Waals surface area contributed by atoms with Crippen LogP contribution in [0, 0.1) is 20.2 Å². The fraction of sp³-hybridized carbons (Fsp3) is 0.0526. The molecule has 3 rings (SSSR count). The number of carbonyl (C=O) groups is 1. The molecule has 0 aliphatic heterocycles. The van der Waals surface area contributed by atoms with Crippen LogP contribution in [0.3, 0.4) is 0 Å². The molecule has 146 valence electrons. The van der Waals surface area contributed by atoms with Crippen molar-refractivity contribution in [3.8, 4) is 0 Å². The van der Waals surface area contributed by atoms with E-state index in [1.54, 1.807) is 42.5 Å². The van der Waals surface area contributed by atoms with E-state index in [2.05, 4.69) is 4.98 Å². The van der Waals surface area contributed by atoms with Crippen molar-refractivity contribution in [3.63, 3.8) is 0 Å². The predicted molar refractivity (Wildman–Crippen MR) is 106 cm³/mol. The predicted octanol–water partition coefficient (Wildman–Crippen LogP) is 4.40. The molecule has 10 heteroatoms. The van der Waals surface area contributed by atoms with Gasteiger partial charge in [-0.3, -0.25) is 29.9 Å². The maximum atomic E-state index is 13.2. The van der Waals surface area contributed by atoms with E-state index in [-0.39, 0.29) is 12.1 Å². The van der Waals surface area contributed by atoms with Crippen LogP contribution in [0.25, 0.3) is 0 Å². The third-order valence-electron chi connectivity index (χ3n) is 4.03. The topological polar surface area (TPSA) is 119 Å². The zero-order chi connectivity index (χ0) is 21.0. The molecule has 0 atom stereocenters. The van der Waals surface area contributed by atoms with Crippen LogP contribution >= 0.6 is 11.6 Å². The summed E-state index contributed by atoms with van der Waals surface area (Å²) in [5, 5.41) is 21.9. The van der Waals surface area contributed by atoms with Gasteiger partial charge in [-0.25, -0.2) is 4.98 Å². The van der Waals surface area contributed by atoms with E-state index in [9.17, 15) is 25.0 Å². The molecule has 0 bridgehead atoms. The van der Waals surface area contributed by atoms with Gasteiger partial charge in [0.25, 0.3) is 17.3 Å². The maximum Gasteiger partial charge on any atom is 0.295 e. The first-order valence-electron chi connectivity index (χ1n) is 8.27. The SMILES string of the molecule is O=C(c1cc([N+](=O)[O-])c(Cl)c([N+](=O)[O-])c1)N(Cc1ccccc1)c1ccccn1. The lowest BCUT2D eigenvalue weighted by atomic mass is 10.1. The lowest BCUT2D eigenvalue weighted by Crippen LogP contribution is -2.31. The number of carbonyl (C=O) groups excluding carboxylic acids is 1. The second kappa shape index (κ2) is 8.44. The lowest BCUT2D eigenvalue weighted by molar-refractivity contribution is -0.393. The van der Waals surface area contributed by atoms with Crippen molar-refractivity contribution in [1.82, 2.24) is 4.98 Å². The van der Waals surface area contributed by atoms with Crippen LogP contribution in [0.4, 0.5) is 17.2 Å². The van der Waals surface area contributed by atoms with Crippen molar-refractivity contribution in [1.29, 1.82) is 0 Å². The second-order valence-electron chi connectivity index (χ2n) is 5.91. The van der Waals surface area contributed by atoms with Crippen molar-refractivity contribution >= 4 is 34.7 Å². The van der Waals surface area contributed by atoms with Gasteiger partial charge < -0.3 is 0 Å². The Bertz CT molecular complexity index is 1040. The fourth-order valence-corrected chi connectivity index (χ4v) is 2.92. The quantitative estimate of drug-likeness (QED) is 0.437. The summed E-state index contributed by atoms with van der Waals surface area (Å²) >= 11 is 5.78. The van der Waals surface area contributed by atoms with Gasteiger partial charge in [0.05, 0.1) is 22.0 Å². The number of nitrogens with zero attached hydrogens (tertiary/aromatic N) is 4. The molecule has 3 aromatic rings. The first kappa shape index (κ1) is 19.9. The van der Waals surface area contributed by atoms with Crippen LogP contribution in [0.2, 0.25) is 5.02 Å². The van der Waals surface area contributed by atoms with Crippen molar-refractivity contribution in [2.75, 3.05) is 4.90 Å². The second-order valence-corrected chi connectivity index (χ2v) is 6.29. The van der Waals surface area contributed by atoms with Crippen molar-refractivity contribution in [3.05, 3.63) is 103 Å². The summed E-state index contributed by atoms with van der Waals surface area (Å²) in [5.74, 6) is -0.392. The summed E-state index contributed by atoms with van der Waals surface area (Å²) in [6, 6.07) is 15.8. The molecular formula is C19H13ClN4O5. The number of anilines is 1. The normalized spacial score (nSPS) is 10.4. The summed E-state index contributed by atoms with van der Waals surface area (Å²) < 4.78 is 0. The lowest BCUT2D eigenvalue weighted by Gasteiger charge is -2.22. The van der Waals surface area contributed by atoms with E-state index in [0.29, 0.717) is 5.82 Å². The number of nitro groups is 2. The number of halogens is 1. The van der Waals surface area contributed by atoms with Gasteiger partial charge in [-0.1, -0.05) is 48.0 Å². The highest BCUT2D eigenvalue weighted by atomic mass is 35.5. The van der Waals surface area contributed by atoms with Crippen molar-refractivity contribution < 1.29 is 14.6 Å². The molecule has 0 radical (unpaired) electrons. The van der Waals surface area contributed by atoms with Crippen LogP contribution in [-0.4, -0.2) is 20.7 Å². The summed E-state index contributed by atoms with van der Waals surface area (Å²) in [7, 11) is 0. The number of rotatable bonds is 6. The molecule has 0 fully saturated rings. The largest absolute Gasteiger partial charge is 0.295 e. The molecule has 1 heterocycles. The standard InChI is InChI=1S/C19H13ClN4O5/c20-18-15(23(26)27)10-14(11-16(18)24(28)29)19(25)22(17-8-4-5-9-21-17)12-13-6-2-1-3-7-13/h1-11H,12H2. The zero-order valence-electron chi connectivity index (χ0n) is 14.8. The molecule has 0 saturated heterocycles. The summed E-state index contributed by atoms with van der Waals surface area (Å²) in [4.78, 5) is 39.5. The van der Waals surface area contributed by atoms with Gasteiger partial charge in [-0.15, -0.1) is 0 Å². The molecule has 0 unspecified atom stereocenters. The molecule has 29 heavy (non-hydrogen) atoms. The van der Waals surface area contributed by atoms with E-state index in [1.807, 2.05) is 6.07 Å². The van der Waals surface area contributed by atoms with Crippen LogP contribution in [0.5, 0.6) is 0 Å². The van der Waals surface area contributed by atoms with Crippen molar-refractivity contribution in [2.24, 2.45) is 0 Å². The Balaban J connectivity index is 2.10. The smallest absolute Gasteiger partial charge is 0.288 e. The third-order valence-corrected chi connectivity index (χ3v) is 4.42. The van der Waals surface area contributed by atoms with Gasteiger partial charge in [0.15, 0.2) is 5.02 Å². The first-order chi connectivity index (χ1) is 13.9. The Morgan fingerprint density at radius 3 is 2.07 bits per heavy atom. The van der Waals surface area contributed by atoms with E-state index in [4.69, 9.17) is 11.6 Å². The Labute approximate surface area is 169 Å². The molecular weight excluding hydrogens is 400 g/mol. The maximum absolute atomic E-state index is 13.2. The number of nitro benzene ring substituents is 2. The van der Waals surface area contributed by atoms with Gasteiger partial charge in [0.1, 0.15) is 5.82 Å². The van der Waals surface area contributed by atoms with Crippen molar-refractivity contribution in [2.45, 2.75) is 6.54 Å². The van der Waals surface area contributed by atoms with Gasteiger partial charge in [-0.2, -0.15) is 0 Å². The minimum absolute atomic E-state index is 0.112. The van der Waals surface area contributed by atoms with E-state index >= 15 is 0 Å². The molecule has 0 aliphatic rings. The summed E-state index contributed by atoms with van der Waals surface area (Å²) in [5.41, 5.74) is -0.895. The zero-order valence-corrected chi connectivity index (χ0v) is 15.5. The van der Waals surface area contributed by atoms with Gasteiger partial charge in [0.2, 0.25) is 0 Å². The number of hydrogen-bond acceptors (Lipinski definition) is 6. The number of pyridine rings is 1. The number of aromatic nitrogens is 1. The van der Waals surface area contributed by atoms with Gasteiger partial charge >= 0.3 is 0 Å². The molecule has 2 aromatic carbocycles. The van der Waals surface area contributed by atoms with E-state index < -0.39 is 32.2 Å².